The summed E-state index contributed by atoms with van der Waals surface area (Å²) in [4.78, 5) is 4.23. The zero-order chi connectivity index (χ0) is 19.7. The molecule has 2 heterocycles. The van der Waals surface area contributed by atoms with E-state index in [4.69, 9.17) is 0 Å². The second kappa shape index (κ2) is 16.4. The predicted octanol–water partition coefficient (Wildman–Crippen LogP) is 8.31. The van der Waals surface area contributed by atoms with Crippen molar-refractivity contribution in [2.75, 3.05) is 0 Å². The molecule has 0 saturated carbocycles. The van der Waals surface area contributed by atoms with Gasteiger partial charge in [-0.15, -0.1) is 0 Å². The van der Waals surface area contributed by atoms with Crippen molar-refractivity contribution in [2.24, 2.45) is 0 Å². The van der Waals surface area contributed by atoms with E-state index in [1.54, 1.807) is 3.78 Å². The fraction of sp³-hybridized carbons (Fsp3) is 0.720. The Morgan fingerprint density at radius 1 is 0.750 bits per heavy atom. The summed E-state index contributed by atoms with van der Waals surface area (Å²) in [6.45, 7) is 2.30. The molecule has 2 aromatic rings. The molecule has 0 aliphatic rings. The molecular formula is C25H41NSSe. The van der Waals surface area contributed by atoms with Crippen molar-refractivity contribution in [2.45, 2.75) is 115 Å². The third-order valence-electron chi connectivity index (χ3n) is 5.54. The SMILES string of the molecule is CCCCCCCCCCCCCCCCCC[Se]c1cc2ccncc2s1. The Morgan fingerprint density at radius 3 is 1.82 bits per heavy atom. The molecule has 2 aromatic heterocycles. The number of rotatable bonds is 18. The van der Waals surface area contributed by atoms with Crippen LogP contribution in [0.15, 0.2) is 24.5 Å². The maximum atomic E-state index is 4.23. The van der Waals surface area contributed by atoms with Gasteiger partial charge in [-0.2, -0.15) is 0 Å². The van der Waals surface area contributed by atoms with Crippen molar-refractivity contribution in [3.8, 4) is 0 Å². The van der Waals surface area contributed by atoms with Gasteiger partial charge in [-0.25, -0.2) is 0 Å². The van der Waals surface area contributed by atoms with Crippen LogP contribution in [0.25, 0.3) is 10.1 Å². The van der Waals surface area contributed by atoms with Crippen molar-refractivity contribution in [3.05, 3.63) is 24.5 Å². The summed E-state index contributed by atoms with van der Waals surface area (Å²) >= 11 is 2.62. The van der Waals surface area contributed by atoms with Gasteiger partial charge in [-0.3, -0.25) is 0 Å². The van der Waals surface area contributed by atoms with Crippen molar-refractivity contribution >= 4 is 40.2 Å². The molecule has 0 aliphatic carbocycles. The number of nitrogens with zero attached hydrogens (tertiary/aromatic N) is 1. The Kier molecular flexibility index (Phi) is 14.0. The van der Waals surface area contributed by atoms with Gasteiger partial charge in [-0.05, 0) is 0 Å². The summed E-state index contributed by atoms with van der Waals surface area (Å²) in [6.07, 6.45) is 27.2. The van der Waals surface area contributed by atoms with Gasteiger partial charge in [0.2, 0.25) is 0 Å². The standard InChI is InChI=1S/C25H41NSSe/c1-2-3-4-5-6-7-8-9-10-11-12-13-14-15-16-17-20-28-25-21-23-18-19-26-22-24(23)27-25/h18-19,21-22H,2-17,20H2,1H3. The van der Waals surface area contributed by atoms with Crippen molar-refractivity contribution < 1.29 is 0 Å². The number of aromatic nitrogens is 1. The Labute approximate surface area is 184 Å². The number of pyridine rings is 1. The average Bonchev–Trinajstić information content (AvgIpc) is 3.13. The van der Waals surface area contributed by atoms with Gasteiger partial charge in [0.15, 0.2) is 0 Å². The molecule has 0 unspecified atom stereocenters. The van der Waals surface area contributed by atoms with Crippen LogP contribution in [0.1, 0.15) is 110 Å². The topological polar surface area (TPSA) is 12.9 Å². The van der Waals surface area contributed by atoms with Gasteiger partial charge in [0.25, 0.3) is 0 Å². The van der Waals surface area contributed by atoms with Crippen LogP contribution in [0.2, 0.25) is 5.32 Å². The second-order valence-electron chi connectivity index (χ2n) is 8.13. The Bertz CT molecular complexity index is 576. The van der Waals surface area contributed by atoms with E-state index in [2.05, 4.69) is 24.0 Å². The molecule has 0 aliphatic heterocycles. The molecule has 0 atom stereocenters. The number of hydrogen-bond acceptors (Lipinski definition) is 2. The van der Waals surface area contributed by atoms with Crippen LogP contribution in [0, 0.1) is 0 Å². The number of unbranched alkanes of at least 4 members (excludes halogenated alkanes) is 15. The molecule has 0 saturated heterocycles. The zero-order valence-corrected chi connectivity index (χ0v) is 20.6. The molecule has 0 aromatic carbocycles. The second-order valence-corrected chi connectivity index (χ2v) is 12.2. The predicted molar refractivity (Wildman–Crippen MR) is 129 cm³/mol. The van der Waals surface area contributed by atoms with Crippen LogP contribution < -0.4 is 3.78 Å². The van der Waals surface area contributed by atoms with E-state index in [1.807, 2.05) is 23.7 Å². The maximum absolute atomic E-state index is 4.23. The fourth-order valence-electron chi connectivity index (χ4n) is 3.75. The Morgan fingerprint density at radius 2 is 1.29 bits per heavy atom. The molecule has 0 N–H and O–H groups in total. The summed E-state index contributed by atoms with van der Waals surface area (Å²) in [7, 11) is 0. The monoisotopic (exact) mass is 467 g/mol. The molecule has 28 heavy (non-hydrogen) atoms. The molecular weight excluding hydrogens is 425 g/mol. The normalized spacial score (nSPS) is 11.5. The quantitative estimate of drug-likeness (QED) is 0.159. The van der Waals surface area contributed by atoms with Crippen LogP contribution in [0.3, 0.4) is 0 Å². The summed E-state index contributed by atoms with van der Waals surface area (Å²) in [6, 6.07) is 4.52. The van der Waals surface area contributed by atoms with Gasteiger partial charge in [-0.1, -0.05) is 39.0 Å². The van der Waals surface area contributed by atoms with Crippen LogP contribution in [-0.2, 0) is 0 Å². The molecule has 158 valence electrons. The van der Waals surface area contributed by atoms with Gasteiger partial charge < -0.3 is 0 Å². The first-order chi connectivity index (χ1) is 13.9. The summed E-state index contributed by atoms with van der Waals surface area (Å²) in [5.41, 5.74) is 0. The van der Waals surface area contributed by atoms with Crippen LogP contribution in [0.5, 0.6) is 0 Å². The summed E-state index contributed by atoms with van der Waals surface area (Å²) in [5.74, 6) is 0. The molecule has 0 bridgehead atoms. The van der Waals surface area contributed by atoms with E-state index in [-0.39, 0.29) is 0 Å². The zero-order valence-electron chi connectivity index (χ0n) is 18.1. The van der Waals surface area contributed by atoms with Crippen LogP contribution in [-0.4, -0.2) is 19.9 Å². The van der Waals surface area contributed by atoms with Crippen molar-refractivity contribution in [1.82, 2.24) is 4.98 Å². The first-order valence-electron chi connectivity index (χ1n) is 11.9. The van der Waals surface area contributed by atoms with Crippen LogP contribution >= 0.6 is 11.3 Å². The van der Waals surface area contributed by atoms with Gasteiger partial charge in [0.05, 0.1) is 0 Å². The molecule has 1 nitrogen and oxygen atoms in total. The van der Waals surface area contributed by atoms with E-state index >= 15 is 0 Å². The molecule has 0 amide bonds. The third kappa shape index (κ3) is 11.0. The van der Waals surface area contributed by atoms with Gasteiger partial charge >= 0.3 is 146 Å². The number of fused-ring (bicyclic) bond motifs is 1. The van der Waals surface area contributed by atoms with E-state index in [0.29, 0.717) is 15.0 Å². The van der Waals surface area contributed by atoms with Crippen molar-refractivity contribution in [1.29, 1.82) is 0 Å². The summed E-state index contributed by atoms with van der Waals surface area (Å²) < 4.78 is 2.95. The third-order valence-corrected chi connectivity index (χ3v) is 9.44. The Hall–Kier alpha value is -0.371. The number of thiophene rings is 1. The first-order valence-corrected chi connectivity index (χ1v) is 14.7. The molecule has 0 fully saturated rings. The first kappa shape index (κ1) is 23.9. The van der Waals surface area contributed by atoms with E-state index in [9.17, 15) is 0 Å². The van der Waals surface area contributed by atoms with Crippen molar-refractivity contribution in [3.63, 3.8) is 0 Å². The average molecular weight is 467 g/mol. The fourth-order valence-corrected chi connectivity index (χ4v) is 7.54. The number of hydrogen-bond donors (Lipinski definition) is 0. The van der Waals surface area contributed by atoms with E-state index in [0.717, 1.165) is 0 Å². The molecule has 0 radical (unpaired) electrons. The summed E-state index contributed by atoms with van der Waals surface area (Å²) in [5, 5.41) is 2.79. The molecule has 2 rings (SSSR count). The molecule has 3 heteroatoms. The minimum absolute atomic E-state index is 0.666. The molecule has 0 spiro atoms. The van der Waals surface area contributed by atoms with Gasteiger partial charge in [0.1, 0.15) is 0 Å². The Balaban J connectivity index is 1.30. The minimum atomic E-state index is 0.666. The van der Waals surface area contributed by atoms with Gasteiger partial charge in [0, 0.05) is 0 Å². The van der Waals surface area contributed by atoms with E-state index in [1.165, 1.54) is 118 Å². The van der Waals surface area contributed by atoms with E-state index < -0.39 is 0 Å². The van der Waals surface area contributed by atoms with Crippen LogP contribution in [0.4, 0.5) is 0 Å².